The summed E-state index contributed by atoms with van der Waals surface area (Å²) < 4.78 is 4.99. The summed E-state index contributed by atoms with van der Waals surface area (Å²) >= 11 is 0. The van der Waals surface area contributed by atoms with Crippen molar-refractivity contribution >= 4 is 0 Å². The van der Waals surface area contributed by atoms with E-state index in [9.17, 15) is 9.59 Å². The Morgan fingerprint density at radius 2 is 1.14 bits per heavy atom. The molecule has 4 fully saturated rings. The summed E-state index contributed by atoms with van der Waals surface area (Å²) in [5.41, 5.74) is 0.426. The van der Waals surface area contributed by atoms with Crippen LogP contribution in [0.25, 0.3) is 5.69 Å². The van der Waals surface area contributed by atoms with Crippen molar-refractivity contribution < 1.29 is 0 Å². The van der Waals surface area contributed by atoms with Gasteiger partial charge >= 0.3 is 11.4 Å². The molecule has 6 aliphatic rings. The zero-order chi connectivity index (χ0) is 13.6. The van der Waals surface area contributed by atoms with E-state index < -0.39 is 0 Å². The number of benzene rings is 1. The minimum absolute atomic E-state index is 0.132. The summed E-state index contributed by atoms with van der Waals surface area (Å²) in [6.07, 6.45) is 0. The first kappa shape index (κ1) is 9.82. The minimum Gasteiger partial charge on any atom is -0.245 e. The molecular formula is C16H13N3O2. The molecule has 21 heavy (non-hydrogen) atoms. The zero-order valence-electron chi connectivity index (χ0n) is 11.2. The molecule has 2 bridgehead atoms. The number of nitrogens with zero attached hydrogens (tertiary/aromatic N) is 3. The third-order valence-corrected chi connectivity index (χ3v) is 7.27. The van der Waals surface area contributed by atoms with Crippen LogP contribution in [0.5, 0.6) is 0 Å². The normalized spacial score (nSPS) is 48.4. The third kappa shape index (κ3) is 0.681. The molecule has 104 valence electrons. The molecular weight excluding hydrogens is 266 g/mol. The maximum Gasteiger partial charge on any atom is 0.352 e. The number of hydrogen-bond acceptors (Lipinski definition) is 2. The van der Waals surface area contributed by atoms with E-state index in [-0.39, 0.29) is 11.4 Å². The lowest BCUT2D eigenvalue weighted by atomic mass is 9.16. The predicted molar refractivity (Wildman–Crippen MR) is 73.3 cm³/mol. The summed E-state index contributed by atoms with van der Waals surface area (Å²) in [5.74, 6) is 4.63. The van der Waals surface area contributed by atoms with Gasteiger partial charge in [-0.15, -0.1) is 0 Å². The van der Waals surface area contributed by atoms with Gasteiger partial charge in [-0.05, 0) is 47.6 Å². The van der Waals surface area contributed by atoms with E-state index in [2.05, 4.69) is 0 Å². The fourth-order valence-electron chi connectivity index (χ4n) is 6.78. The molecule has 5 nitrogen and oxygen atoms in total. The molecule has 4 aliphatic carbocycles. The largest absolute Gasteiger partial charge is 0.352 e. The third-order valence-electron chi connectivity index (χ3n) is 7.27. The molecule has 4 atom stereocenters. The number of para-hydroxylation sites is 1. The monoisotopic (exact) mass is 279 g/mol. The van der Waals surface area contributed by atoms with Gasteiger partial charge in [0.15, 0.2) is 0 Å². The van der Waals surface area contributed by atoms with Crippen LogP contribution >= 0.6 is 0 Å². The van der Waals surface area contributed by atoms with Gasteiger partial charge in [-0.1, -0.05) is 18.2 Å². The van der Waals surface area contributed by atoms with Gasteiger partial charge in [-0.2, -0.15) is 0 Å². The van der Waals surface area contributed by atoms with Gasteiger partial charge in [-0.3, -0.25) is 0 Å². The fourth-order valence-corrected chi connectivity index (χ4v) is 6.78. The van der Waals surface area contributed by atoms with E-state index in [0.717, 1.165) is 11.8 Å². The van der Waals surface area contributed by atoms with Crippen molar-refractivity contribution in [3.8, 4) is 5.69 Å². The SMILES string of the molecule is O=c1n(-c2ccccc2)c(=O)n2n1C1[C@H]3C4C5[C@@H]3C2[C@@H]5[C@H]41. The van der Waals surface area contributed by atoms with Gasteiger partial charge in [0.2, 0.25) is 0 Å². The molecule has 1 aromatic heterocycles. The van der Waals surface area contributed by atoms with Gasteiger partial charge in [0.05, 0.1) is 17.8 Å². The van der Waals surface area contributed by atoms with E-state index in [0.29, 0.717) is 41.4 Å². The second-order valence-electron chi connectivity index (χ2n) is 7.37. The van der Waals surface area contributed by atoms with E-state index in [1.54, 1.807) is 0 Å². The standard InChI is InChI=1S/C16H13N3O2/c20-15-17(6-4-2-1-3-5-6)16(21)19-14-11-8-7-9(11)13(18(15)19)10(7)12(8)14/h1-5,7-14H/t7?,8?,9-,10-,11-,12-,13?,14?/m0/s1. The Labute approximate surface area is 119 Å². The van der Waals surface area contributed by atoms with Crippen LogP contribution in [0.15, 0.2) is 39.9 Å². The molecule has 2 aromatic rings. The summed E-state index contributed by atoms with van der Waals surface area (Å²) in [7, 11) is 0. The molecule has 0 spiro atoms. The average molecular weight is 279 g/mol. The quantitative estimate of drug-likeness (QED) is 0.769. The topological polar surface area (TPSA) is 48.9 Å². The van der Waals surface area contributed by atoms with Crippen LogP contribution in [-0.2, 0) is 0 Å². The van der Waals surface area contributed by atoms with Crippen molar-refractivity contribution in [3.05, 3.63) is 51.3 Å². The number of hydrogen-bond donors (Lipinski definition) is 0. The highest BCUT2D eigenvalue weighted by Gasteiger charge is 2.90. The maximum atomic E-state index is 12.8. The summed E-state index contributed by atoms with van der Waals surface area (Å²) in [6, 6.07) is 9.97. The minimum atomic E-state index is -0.132. The van der Waals surface area contributed by atoms with Crippen LogP contribution < -0.4 is 11.4 Å². The first-order chi connectivity index (χ1) is 10.3. The summed E-state index contributed by atoms with van der Waals surface area (Å²) in [6.45, 7) is 0. The molecule has 8 rings (SSSR count). The molecule has 0 radical (unpaired) electrons. The zero-order valence-corrected chi connectivity index (χ0v) is 11.2. The Morgan fingerprint density at radius 1 is 0.667 bits per heavy atom. The molecule has 0 saturated heterocycles. The van der Waals surface area contributed by atoms with Gasteiger partial charge < -0.3 is 0 Å². The Kier molecular flexibility index (Phi) is 1.19. The van der Waals surface area contributed by atoms with Crippen LogP contribution in [0.3, 0.4) is 0 Å². The van der Waals surface area contributed by atoms with Crippen molar-refractivity contribution in [3.63, 3.8) is 0 Å². The lowest BCUT2D eigenvalue weighted by Gasteiger charge is -2.91. The molecule has 5 heteroatoms. The van der Waals surface area contributed by atoms with E-state index in [4.69, 9.17) is 0 Å². The molecule has 3 heterocycles. The second kappa shape index (κ2) is 2.56. The average Bonchev–Trinajstić information content (AvgIpc) is 2.71. The van der Waals surface area contributed by atoms with Crippen LogP contribution in [-0.4, -0.2) is 13.9 Å². The van der Waals surface area contributed by atoms with Crippen molar-refractivity contribution in [1.82, 2.24) is 13.9 Å². The summed E-state index contributed by atoms with van der Waals surface area (Å²) in [4.78, 5) is 25.7. The van der Waals surface area contributed by atoms with Gasteiger partial charge in [0.25, 0.3) is 0 Å². The smallest absolute Gasteiger partial charge is 0.245 e. The molecule has 1 aromatic carbocycles. The lowest BCUT2D eigenvalue weighted by molar-refractivity contribution is -0.450. The van der Waals surface area contributed by atoms with Gasteiger partial charge in [-0.25, -0.2) is 23.5 Å². The van der Waals surface area contributed by atoms with Crippen molar-refractivity contribution in [2.24, 2.45) is 35.5 Å². The Bertz CT molecular complexity index is 875. The van der Waals surface area contributed by atoms with Gasteiger partial charge in [0.1, 0.15) is 0 Å². The molecule has 0 N–H and O–H groups in total. The van der Waals surface area contributed by atoms with Crippen molar-refractivity contribution in [2.75, 3.05) is 0 Å². The van der Waals surface area contributed by atoms with Gasteiger partial charge in [0, 0.05) is 0 Å². The van der Waals surface area contributed by atoms with Crippen LogP contribution in [0, 0.1) is 35.5 Å². The van der Waals surface area contributed by atoms with Crippen molar-refractivity contribution in [1.29, 1.82) is 0 Å². The van der Waals surface area contributed by atoms with Crippen LogP contribution in [0.1, 0.15) is 12.1 Å². The summed E-state index contributed by atoms with van der Waals surface area (Å²) in [5, 5.41) is 0. The number of rotatable bonds is 1. The number of aromatic nitrogens is 3. The molecule has 0 amide bonds. The molecule has 0 unspecified atom stereocenters. The van der Waals surface area contributed by atoms with Crippen LogP contribution in [0.2, 0.25) is 0 Å². The highest BCUT2D eigenvalue weighted by Crippen LogP contribution is 2.91. The maximum absolute atomic E-state index is 12.8. The molecule has 4 saturated carbocycles. The highest BCUT2D eigenvalue weighted by atomic mass is 16.2. The van der Waals surface area contributed by atoms with E-state index in [1.807, 2.05) is 39.7 Å². The van der Waals surface area contributed by atoms with E-state index >= 15 is 0 Å². The first-order valence-electron chi connectivity index (χ1n) is 7.82. The Morgan fingerprint density at radius 3 is 1.62 bits per heavy atom. The Balaban J connectivity index is 1.57. The second-order valence-corrected chi connectivity index (χ2v) is 7.37. The van der Waals surface area contributed by atoms with E-state index in [1.165, 1.54) is 4.57 Å². The predicted octanol–water partition coefficient (Wildman–Crippen LogP) is 0.648. The fraction of sp³-hybridized carbons (Fsp3) is 0.500. The van der Waals surface area contributed by atoms with Crippen LogP contribution in [0.4, 0.5) is 0 Å². The first-order valence-corrected chi connectivity index (χ1v) is 7.82. The van der Waals surface area contributed by atoms with Crippen molar-refractivity contribution in [2.45, 2.75) is 12.1 Å². The Hall–Kier alpha value is -2.04. The lowest BCUT2D eigenvalue weighted by Crippen LogP contribution is -2.91. The highest BCUT2D eigenvalue weighted by molar-refractivity contribution is 5.38. The molecule has 2 aliphatic heterocycles.